The van der Waals surface area contributed by atoms with Crippen molar-refractivity contribution >= 4 is 22.8 Å². The second-order valence-electron chi connectivity index (χ2n) is 8.03. The summed E-state index contributed by atoms with van der Waals surface area (Å²) in [6, 6.07) is 12.3. The minimum Gasteiger partial charge on any atom is -0.293 e. The molecule has 1 N–H and O–H groups in total. The molecular weight excluding hydrogens is 417 g/mol. The first-order valence-electron chi connectivity index (χ1n) is 10.6. The summed E-state index contributed by atoms with van der Waals surface area (Å²) >= 11 is 0. The van der Waals surface area contributed by atoms with E-state index >= 15 is 0 Å². The molecule has 8 heteroatoms. The number of hydrogen-bond acceptors (Lipinski definition) is 6. The van der Waals surface area contributed by atoms with Gasteiger partial charge in [0.1, 0.15) is 5.82 Å². The summed E-state index contributed by atoms with van der Waals surface area (Å²) in [5.41, 5.74) is 7.07. The molecule has 33 heavy (non-hydrogen) atoms. The fourth-order valence-corrected chi connectivity index (χ4v) is 3.73. The number of halogens is 1. The van der Waals surface area contributed by atoms with Crippen LogP contribution in [0, 0.1) is 33.5 Å². The first-order valence-corrected chi connectivity index (χ1v) is 10.6. The molecule has 7 nitrogen and oxygen atoms in total. The highest BCUT2D eigenvalue weighted by molar-refractivity contribution is 5.83. The van der Waals surface area contributed by atoms with Crippen LogP contribution in [0.4, 0.5) is 16.3 Å². The number of aromatic nitrogens is 6. The number of anilines is 2. The van der Waals surface area contributed by atoms with E-state index in [1.54, 1.807) is 23.0 Å². The van der Waals surface area contributed by atoms with Crippen LogP contribution < -0.4 is 5.32 Å². The molecule has 0 radical (unpaired) electrons. The van der Waals surface area contributed by atoms with Gasteiger partial charge in [-0.2, -0.15) is 5.10 Å². The topological polar surface area (TPSA) is 81.4 Å². The van der Waals surface area contributed by atoms with Crippen LogP contribution in [0.2, 0.25) is 0 Å². The number of rotatable bonds is 4. The van der Waals surface area contributed by atoms with E-state index in [0.29, 0.717) is 23.3 Å². The average Bonchev–Trinajstić information content (AvgIpc) is 3.17. The van der Waals surface area contributed by atoms with Crippen LogP contribution >= 0.6 is 0 Å². The number of benzene rings is 2. The van der Waals surface area contributed by atoms with E-state index in [4.69, 9.17) is 0 Å². The quantitative estimate of drug-likeness (QED) is 0.404. The maximum absolute atomic E-state index is 13.6. The first kappa shape index (κ1) is 20.7. The Morgan fingerprint density at radius 3 is 2.48 bits per heavy atom. The van der Waals surface area contributed by atoms with Crippen LogP contribution in [0.3, 0.4) is 0 Å². The second-order valence-corrected chi connectivity index (χ2v) is 8.03. The van der Waals surface area contributed by atoms with Crippen LogP contribution in [-0.4, -0.2) is 29.7 Å². The molecule has 0 saturated heterocycles. The van der Waals surface area contributed by atoms with Crippen LogP contribution in [0.5, 0.6) is 0 Å². The summed E-state index contributed by atoms with van der Waals surface area (Å²) in [7, 11) is 0. The Labute approximate surface area is 190 Å². The predicted octanol–water partition coefficient (Wildman–Crippen LogP) is 5.39. The normalized spacial score (nSPS) is 11.2. The third-order valence-electron chi connectivity index (χ3n) is 5.63. The number of nitrogens with one attached hydrogen (secondary N) is 1. The van der Waals surface area contributed by atoms with Crippen molar-refractivity contribution in [3.63, 3.8) is 0 Å². The van der Waals surface area contributed by atoms with Crippen molar-refractivity contribution in [1.29, 1.82) is 0 Å². The minimum absolute atomic E-state index is 0.313. The summed E-state index contributed by atoms with van der Waals surface area (Å²) in [5.74, 6) is 0.507. The minimum atomic E-state index is -0.313. The molecule has 164 valence electrons. The van der Waals surface area contributed by atoms with Gasteiger partial charge >= 0.3 is 0 Å². The lowest BCUT2D eigenvalue weighted by Crippen LogP contribution is -2.03. The molecule has 0 bridgehead atoms. The van der Waals surface area contributed by atoms with Crippen molar-refractivity contribution < 1.29 is 4.39 Å². The molecule has 0 aliphatic carbocycles. The van der Waals surface area contributed by atoms with Gasteiger partial charge in [-0.05, 0) is 75.2 Å². The van der Waals surface area contributed by atoms with Crippen molar-refractivity contribution in [2.45, 2.75) is 27.7 Å². The van der Waals surface area contributed by atoms with Gasteiger partial charge in [-0.3, -0.25) is 5.32 Å². The SMILES string of the molecule is Cc1cc2nc(Nc3nccc(-c4cn(-c5cccc(F)c5)nc4C)n3)nc(C)c2cc1C. The molecule has 2 aromatic carbocycles. The van der Waals surface area contributed by atoms with E-state index in [0.717, 1.165) is 27.9 Å². The molecule has 0 atom stereocenters. The smallest absolute Gasteiger partial charge is 0.230 e. The monoisotopic (exact) mass is 439 g/mol. The molecule has 3 heterocycles. The Morgan fingerprint density at radius 2 is 1.67 bits per heavy atom. The highest BCUT2D eigenvalue weighted by Gasteiger charge is 2.13. The van der Waals surface area contributed by atoms with Gasteiger partial charge in [-0.15, -0.1) is 0 Å². The molecule has 0 unspecified atom stereocenters. The zero-order chi connectivity index (χ0) is 23.1. The van der Waals surface area contributed by atoms with E-state index in [1.807, 2.05) is 26.1 Å². The Kier molecular flexibility index (Phi) is 5.05. The Hall–Kier alpha value is -4.20. The molecule has 0 amide bonds. The van der Waals surface area contributed by atoms with E-state index < -0.39 is 0 Å². The second kappa shape index (κ2) is 8.05. The largest absolute Gasteiger partial charge is 0.293 e. The van der Waals surface area contributed by atoms with Crippen molar-refractivity contribution in [2.75, 3.05) is 5.32 Å². The first-order chi connectivity index (χ1) is 15.9. The summed E-state index contributed by atoms with van der Waals surface area (Å²) in [6.07, 6.45) is 3.50. The Bertz CT molecular complexity index is 1510. The molecule has 0 aliphatic rings. The van der Waals surface area contributed by atoms with Gasteiger partial charge in [-0.1, -0.05) is 6.07 Å². The zero-order valence-electron chi connectivity index (χ0n) is 18.8. The van der Waals surface area contributed by atoms with Crippen molar-refractivity contribution in [3.8, 4) is 16.9 Å². The van der Waals surface area contributed by atoms with Crippen LogP contribution in [0.15, 0.2) is 54.9 Å². The van der Waals surface area contributed by atoms with Gasteiger partial charge < -0.3 is 0 Å². The maximum Gasteiger partial charge on any atom is 0.230 e. The highest BCUT2D eigenvalue weighted by atomic mass is 19.1. The predicted molar refractivity (Wildman–Crippen MR) is 126 cm³/mol. The van der Waals surface area contributed by atoms with Gasteiger partial charge in [0.05, 0.1) is 28.3 Å². The lowest BCUT2D eigenvalue weighted by molar-refractivity contribution is 0.625. The van der Waals surface area contributed by atoms with Crippen molar-refractivity contribution in [3.05, 3.63) is 83.2 Å². The number of hydrogen-bond donors (Lipinski definition) is 1. The average molecular weight is 439 g/mol. The number of aryl methyl sites for hydroxylation is 4. The van der Waals surface area contributed by atoms with E-state index in [2.05, 4.69) is 56.3 Å². The van der Waals surface area contributed by atoms with Gasteiger partial charge in [0.2, 0.25) is 11.9 Å². The third-order valence-corrected chi connectivity index (χ3v) is 5.63. The fourth-order valence-electron chi connectivity index (χ4n) is 3.73. The molecule has 0 saturated carbocycles. The number of nitrogens with zero attached hydrogens (tertiary/aromatic N) is 6. The lowest BCUT2D eigenvalue weighted by Gasteiger charge is -2.09. The molecule has 5 aromatic rings. The van der Waals surface area contributed by atoms with Crippen molar-refractivity contribution in [2.24, 2.45) is 0 Å². The summed E-state index contributed by atoms with van der Waals surface area (Å²) in [4.78, 5) is 18.2. The van der Waals surface area contributed by atoms with Crippen molar-refractivity contribution in [1.82, 2.24) is 29.7 Å². The van der Waals surface area contributed by atoms with Gasteiger partial charge in [0, 0.05) is 23.3 Å². The summed E-state index contributed by atoms with van der Waals surface area (Å²) in [5, 5.41) is 8.67. The molecule has 0 fully saturated rings. The molecule has 5 rings (SSSR count). The number of fused-ring (bicyclic) bond motifs is 1. The Balaban J connectivity index is 1.48. The highest BCUT2D eigenvalue weighted by Crippen LogP contribution is 2.25. The summed E-state index contributed by atoms with van der Waals surface area (Å²) < 4.78 is 15.3. The van der Waals surface area contributed by atoms with E-state index in [9.17, 15) is 4.39 Å². The summed E-state index contributed by atoms with van der Waals surface area (Å²) in [6.45, 7) is 8.00. The third kappa shape index (κ3) is 4.03. The fraction of sp³-hybridized carbons (Fsp3) is 0.160. The molecule has 0 spiro atoms. The lowest BCUT2D eigenvalue weighted by atomic mass is 10.1. The standard InChI is InChI=1S/C25H22FN7/c1-14-10-20-16(3)28-25(30-23(20)11-15(14)2)31-24-27-9-8-22(29-24)21-13-33(32-17(21)4)19-7-5-6-18(26)12-19/h5-13H,1-4H3,(H,27,28,29,30,31). The molecular formula is C25H22FN7. The van der Waals surface area contributed by atoms with E-state index in [-0.39, 0.29) is 5.82 Å². The van der Waals surface area contributed by atoms with Gasteiger partial charge in [0.15, 0.2) is 0 Å². The zero-order valence-corrected chi connectivity index (χ0v) is 18.8. The van der Waals surface area contributed by atoms with Crippen LogP contribution in [0.25, 0.3) is 27.8 Å². The van der Waals surface area contributed by atoms with Crippen LogP contribution in [0.1, 0.15) is 22.5 Å². The Morgan fingerprint density at radius 1 is 0.848 bits per heavy atom. The molecule has 3 aromatic heterocycles. The molecule has 0 aliphatic heterocycles. The van der Waals surface area contributed by atoms with Crippen LogP contribution in [-0.2, 0) is 0 Å². The van der Waals surface area contributed by atoms with E-state index in [1.165, 1.54) is 23.3 Å². The van der Waals surface area contributed by atoms with Gasteiger partial charge in [0.25, 0.3) is 0 Å². The van der Waals surface area contributed by atoms with Gasteiger partial charge in [-0.25, -0.2) is 29.0 Å². The maximum atomic E-state index is 13.6.